The second kappa shape index (κ2) is 14.6. The number of carbonyl (C=O) groups excluding carboxylic acids is 4. The van der Waals surface area contributed by atoms with E-state index in [0.717, 1.165) is 16.7 Å². The van der Waals surface area contributed by atoms with Crippen molar-refractivity contribution in [3.8, 4) is 0 Å². The van der Waals surface area contributed by atoms with Gasteiger partial charge >= 0.3 is 12.1 Å². The summed E-state index contributed by atoms with van der Waals surface area (Å²) in [5.41, 5.74) is 0.583. The lowest BCUT2D eigenvalue weighted by Crippen LogP contribution is -2.60. The number of fused-ring (bicyclic) bond motifs is 5. The Hall–Kier alpha value is -3.41. The quantitative estimate of drug-likeness (QED) is 0.317. The number of benzene rings is 1. The molecule has 3 aliphatic rings. The molecule has 4 rings (SSSR count). The van der Waals surface area contributed by atoms with E-state index in [-0.39, 0.29) is 31.1 Å². The van der Waals surface area contributed by atoms with Crippen molar-refractivity contribution in [3.63, 3.8) is 0 Å². The summed E-state index contributed by atoms with van der Waals surface area (Å²) < 4.78 is 17.9. The van der Waals surface area contributed by atoms with Crippen LogP contribution in [0, 0.1) is 18.8 Å². The van der Waals surface area contributed by atoms with E-state index < -0.39 is 59.6 Å². The van der Waals surface area contributed by atoms with Crippen molar-refractivity contribution < 1.29 is 38.5 Å². The third-order valence-corrected chi connectivity index (χ3v) is 10.6. The fourth-order valence-electron chi connectivity index (χ4n) is 6.55. The maximum Gasteiger partial charge on any atom is 0.409 e. The third-order valence-electron chi connectivity index (χ3n) is 10.1. The molecule has 4 bridgehead atoms. The van der Waals surface area contributed by atoms with Crippen molar-refractivity contribution in [2.45, 2.75) is 116 Å². The Bertz CT molecular complexity index is 1500. The van der Waals surface area contributed by atoms with Gasteiger partial charge < -0.3 is 29.1 Å². The predicted molar refractivity (Wildman–Crippen MR) is 182 cm³/mol. The van der Waals surface area contributed by atoms with E-state index in [1.807, 2.05) is 65.0 Å². The first-order valence-electron chi connectivity index (χ1n) is 16.7. The Morgan fingerprint density at radius 1 is 1.25 bits per heavy atom. The van der Waals surface area contributed by atoms with Gasteiger partial charge in [0.15, 0.2) is 0 Å². The molecule has 12 heteroatoms. The van der Waals surface area contributed by atoms with Crippen molar-refractivity contribution in [1.82, 2.24) is 10.2 Å². The van der Waals surface area contributed by atoms with E-state index >= 15 is 0 Å². The van der Waals surface area contributed by atoms with Gasteiger partial charge in [-0.1, -0.05) is 62.2 Å². The maximum absolute atomic E-state index is 14.0. The minimum atomic E-state index is -1.58. The van der Waals surface area contributed by atoms with Gasteiger partial charge in [-0.15, -0.1) is 0 Å². The highest BCUT2D eigenvalue weighted by atomic mass is 35.5. The normalized spacial score (nSPS) is 33.3. The van der Waals surface area contributed by atoms with Crippen LogP contribution in [0.3, 0.4) is 0 Å². The molecule has 3 amide bonds. The van der Waals surface area contributed by atoms with Gasteiger partial charge in [0.05, 0.1) is 23.2 Å². The summed E-state index contributed by atoms with van der Waals surface area (Å²) in [6.07, 6.45) is 3.86. The molecule has 0 unspecified atom stereocenters. The average Bonchev–Trinajstić information content (AvgIpc) is 3.72. The molecule has 264 valence electrons. The number of rotatable bonds is 5. The van der Waals surface area contributed by atoms with Crippen LogP contribution in [0.15, 0.2) is 35.9 Å². The number of hydrogen-bond acceptors (Lipinski definition) is 8. The van der Waals surface area contributed by atoms with E-state index in [4.69, 9.17) is 25.8 Å². The SMILES string of the molecule is CCCC(=O)N(C)[C@@H](C)C(=O)O[C@H]1CC(=O)N(C)c2cc(cc(C)c2Cl)C/C(C)=C/C=C/[C@@H](C)[C@@]2(O)C[C@H](OC(=O)N2)[C@@H](C)[C@@H]2O[C@@]12C. The Morgan fingerprint density at radius 3 is 2.60 bits per heavy atom. The number of anilines is 1. The lowest BCUT2D eigenvalue weighted by molar-refractivity contribution is -0.162. The average molecular weight is 688 g/mol. The number of ether oxygens (including phenoxy) is 3. The Kier molecular flexibility index (Phi) is 11.4. The highest BCUT2D eigenvalue weighted by molar-refractivity contribution is 6.34. The van der Waals surface area contributed by atoms with Gasteiger partial charge in [0, 0.05) is 38.8 Å². The number of epoxide rings is 1. The standard InChI is InChI=1S/C36H50ClN3O8/c1-10-12-29(41)39(8)24(6)33(43)47-28-18-30(42)40(9)26-17-25(16-21(3)31(26)37)15-20(2)13-11-14-22(4)36(45)19-27(46-34(44)38-36)23(5)32-35(28,7)48-32/h11,13-14,16-17,22-24,27-28,32,45H,10,12,15,18-19H2,1-9H3,(H,38,44)/b14-11+,20-13+/t22-,23-,24+,27+,28+,32+,35+,36+/m1/s1. The number of aliphatic hydroxyl groups is 1. The second-order valence-corrected chi connectivity index (χ2v) is 14.3. The van der Waals surface area contributed by atoms with Crippen LogP contribution in [0.1, 0.15) is 78.4 Å². The maximum atomic E-state index is 14.0. The molecule has 48 heavy (non-hydrogen) atoms. The summed E-state index contributed by atoms with van der Waals surface area (Å²) in [7, 11) is 3.18. The second-order valence-electron chi connectivity index (χ2n) is 13.9. The van der Waals surface area contributed by atoms with Crippen LogP contribution >= 0.6 is 11.6 Å². The molecule has 1 aromatic rings. The fraction of sp³-hybridized carbons (Fsp3) is 0.611. The van der Waals surface area contributed by atoms with E-state index in [1.165, 1.54) is 9.80 Å². The number of carbonyl (C=O) groups is 4. The molecule has 1 aromatic carbocycles. The van der Waals surface area contributed by atoms with E-state index in [9.17, 15) is 24.3 Å². The fourth-order valence-corrected chi connectivity index (χ4v) is 6.79. The number of nitrogens with one attached hydrogen (secondary N) is 1. The number of amides is 3. The first-order chi connectivity index (χ1) is 22.4. The van der Waals surface area contributed by atoms with Crippen LogP contribution in [-0.4, -0.2) is 83.7 Å². The predicted octanol–water partition coefficient (Wildman–Crippen LogP) is 5.24. The molecule has 2 saturated heterocycles. The topological polar surface area (TPSA) is 138 Å². The largest absolute Gasteiger partial charge is 0.457 e. The van der Waals surface area contributed by atoms with E-state index in [2.05, 4.69) is 5.32 Å². The van der Waals surface area contributed by atoms with Crippen LogP contribution in [0.4, 0.5) is 10.5 Å². The summed E-state index contributed by atoms with van der Waals surface area (Å²) >= 11 is 6.74. The smallest absolute Gasteiger partial charge is 0.409 e. The molecule has 3 heterocycles. The van der Waals surface area contributed by atoms with Gasteiger partial charge in [-0.3, -0.25) is 14.9 Å². The van der Waals surface area contributed by atoms with Crippen LogP contribution < -0.4 is 10.2 Å². The van der Waals surface area contributed by atoms with Gasteiger partial charge in [0.2, 0.25) is 11.8 Å². The minimum absolute atomic E-state index is 0.0845. The highest BCUT2D eigenvalue weighted by Crippen LogP contribution is 2.49. The molecule has 11 nitrogen and oxygen atoms in total. The Balaban J connectivity index is 1.75. The Morgan fingerprint density at radius 2 is 1.94 bits per heavy atom. The number of aryl methyl sites for hydroxylation is 1. The lowest BCUT2D eigenvalue weighted by Gasteiger charge is -2.41. The van der Waals surface area contributed by atoms with Crippen molar-refractivity contribution in [1.29, 1.82) is 0 Å². The van der Waals surface area contributed by atoms with Crippen LogP contribution in [0.2, 0.25) is 5.02 Å². The molecule has 3 aliphatic heterocycles. The zero-order valence-electron chi connectivity index (χ0n) is 29.5. The van der Waals surface area contributed by atoms with Gasteiger partial charge in [0.25, 0.3) is 0 Å². The van der Waals surface area contributed by atoms with Gasteiger partial charge in [-0.2, -0.15) is 0 Å². The number of hydrogen-bond donors (Lipinski definition) is 2. The summed E-state index contributed by atoms with van der Waals surface area (Å²) in [6, 6.07) is 2.94. The van der Waals surface area contributed by atoms with Crippen LogP contribution in [0.25, 0.3) is 0 Å². The van der Waals surface area contributed by atoms with Gasteiger partial charge in [0.1, 0.15) is 29.6 Å². The Labute approximate surface area is 288 Å². The third kappa shape index (κ3) is 7.90. The van der Waals surface area contributed by atoms with Gasteiger partial charge in [-0.25, -0.2) is 9.59 Å². The number of halogens is 1. The summed E-state index contributed by atoms with van der Waals surface area (Å²) in [4.78, 5) is 55.6. The number of esters is 1. The van der Waals surface area contributed by atoms with Crippen molar-refractivity contribution in [2.75, 3.05) is 19.0 Å². The molecule has 0 spiro atoms. The molecule has 0 aliphatic carbocycles. The molecule has 2 N–H and O–H groups in total. The molecular formula is C36H50ClN3O8. The number of likely N-dealkylation sites (N-methyl/N-ethyl adjacent to an activating group) is 1. The van der Waals surface area contributed by atoms with Crippen LogP contribution in [-0.2, 0) is 35.0 Å². The van der Waals surface area contributed by atoms with E-state index in [0.29, 0.717) is 23.6 Å². The molecule has 0 radical (unpaired) electrons. The molecule has 0 saturated carbocycles. The van der Waals surface area contributed by atoms with E-state index in [1.54, 1.807) is 27.9 Å². The monoisotopic (exact) mass is 687 g/mol. The molecule has 8 atom stereocenters. The van der Waals surface area contributed by atoms with Crippen molar-refractivity contribution in [3.05, 3.63) is 52.1 Å². The number of nitrogens with zero attached hydrogens (tertiary/aromatic N) is 2. The van der Waals surface area contributed by atoms with Crippen molar-refractivity contribution in [2.24, 2.45) is 11.8 Å². The lowest BCUT2D eigenvalue weighted by atomic mass is 9.82. The first kappa shape index (κ1) is 37.4. The van der Waals surface area contributed by atoms with Gasteiger partial charge in [-0.05, 0) is 57.7 Å². The summed E-state index contributed by atoms with van der Waals surface area (Å²) in [5.74, 6) is -2.14. The molecule has 0 aromatic heterocycles. The summed E-state index contributed by atoms with van der Waals surface area (Å²) in [5, 5.41) is 14.6. The first-order valence-corrected chi connectivity index (χ1v) is 17.0. The van der Waals surface area contributed by atoms with Crippen molar-refractivity contribution >= 4 is 41.2 Å². The zero-order chi connectivity index (χ0) is 35.7. The minimum Gasteiger partial charge on any atom is -0.457 e. The summed E-state index contributed by atoms with van der Waals surface area (Å²) in [6.45, 7) is 12.7. The number of allylic oxidation sites excluding steroid dienone is 3. The zero-order valence-corrected chi connectivity index (χ0v) is 30.2. The van der Waals surface area contributed by atoms with Crippen LogP contribution in [0.5, 0.6) is 0 Å². The molecule has 2 fully saturated rings. The highest BCUT2D eigenvalue weighted by Gasteiger charge is 2.64. The number of alkyl carbamates (subject to hydrolysis) is 1. The molecular weight excluding hydrogens is 638 g/mol.